The van der Waals surface area contributed by atoms with E-state index in [1.807, 2.05) is 13.8 Å². The van der Waals surface area contributed by atoms with E-state index in [4.69, 9.17) is 4.74 Å². The van der Waals surface area contributed by atoms with Crippen LogP contribution < -0.4 is 0 Å². The van der Waals surface area contributed by atoms with Crippen molar-refractivity contribution < 1.29 is 9.53 Å². The van der Waals surface area contributed by atoms with Crippen LogP contribution in [-0.4, -0.2) is 30.6 Å². The second kappa shape index (κ2) is 7.66. The number of likely N-dealkylation sites (N-methyl/N-ethyl adjacent to an activating group) is 1. The lowest BCUT2D eigenvalue weighted by Gasteiger charge is -2.19. The zero-order valence-corrected chi connectivity index (χ0v) is 12.4. The summed E-state index contributed by atoms with van der Waals surface area (Å²) in [6.07, 6.45) is 0. The molecule has 3 nitrogen and oxygen atoms in total. The molecular formula is C13H18INO2. The third-order valence-electron chi connectivity index (χ3n) is 2.42. The highest BCUT2D eigenvalue weighted by Crippen LogP contribution is 2.09. The minimum atomic E-state index is -0.153. The molecule has 0 saturated heterocycles. The van der Waals surface area contributed by atoms with Gasteiger partial charge in [0.1, 0.15) is 0 Å². The molecule has 17 heavy (non-hydrogen) atoms. The Kier molecular flexibility index (Phi) is 6.50. The van der Waals surface area contributed by atoms with Gasteiger partial charge in [-0.05, 0) is 53.8 Å². The van der Waals surface area contributed by atoms with Crippen molar-refractivity contribution in [2.75, 3.05) is 19.7 Å². The molecule has 0 aliphatic heterocycles. The van der Waals surface area contributed by atoms with E-state index in [0.717, 1.165) is 13.1 Å². The average Bonchev–Trinajstić information content (AvgIpc) is 2.31. The summed E-state index contributed by atoms with van der Waals surface area (Å²) in [4.78, 5) is 13.5. The van der Waals surface area contributed by atoms with Gasteiger partial charge >= 0.3 is 5.97 Å². The SMILES string of the molecule is CCOC(=O)CN(CC)Cc1ccc(I)cc1. The number of carbonyl (C=O) groups excluding carboxylic acids is 1. The maximum Gasteiger partial charge on any atom is 0.320 e. The quantitative estimate of drug-likeness (QED) is 0.585. The van der Waals surface area contributed by atoms with Crippen molar-refractivity contribution in [1.29, 1.82) is 0 Å². The molecule has 0 N–H and O–H groups in total. The molecule has 0 amide bonds. The molecule has 0 atom stereocenters. The van der Waals surface area contributed by atoms with Crippen LogP contribution in [0.15, 0.2) is 24.3 Å². The molecule has 94 valence electrons. The number of ether oxygens (including phenoxy) is 1. The lowest BCUT2D eigenvalue weighted by Crippen LogP contribution is -2.30. The summed E-state index contributed by atoms with van der Waals surface area (Å²) < 4.78 is 6.17. The van der Waals surface area contributed by atoms with Crippen LogP contribution in [0.2, 0.25) is 0 Å². The van der Waals surface area contributed by atoms with Crippen molar-refractivity contribution in [2.24, 2.45) is 0 Å². The number of rotatable bonds is 6. The van der Waals surface area contributed by atoms with E-state index in [1.165, 1.54) is 9.13 Å². The number of carbonyl (C=O) groups is 1. The smallest absolute Gasteiger partial charge is 0.320 e. The highest BCUT2D eigenvalue weighted by molar-refractivity contribution is 14.1. The van der Waals surface area contributed by atoms with E-state index in [2.05, 4.69) is 51.8 Å². The van der Waals surface area contributed by atoms with Crippen LogP contribution in [0.4, 0.5) is 0 Å². The van der Waals surface area contributed by atoms with Gasteiger partial charge in [0.05, 0.1) is 13.2 Å². The first kappa shape index (κ1) is 14.4. The van der Waals surface area contributed by atoms with Crippen molar-refractivity contribution in [3.05, 3.63) is 33.4 Å². The minimum Gasteiger partial charge on any atom is -0.465 e. The second-order valence-electron chi connectivity index (χ2n) is 3.73. The molecule has 0 unspecified atom stereocenters. The van der Waals surface area contributed by atoms with Crippen molar-refractivity contribution >= 4 is 28.6 Å². The Balaban J connectivity index is 2.51. The van der Waals surface area contributed by atoms with E-state index in [0.29, 0.717) is 13.2 Å². The molecule has 4 heteroatoms. The number of nitrogens with zero attached hydrogens (tertiary/aromatic N) is 1. The van der Waals surface area contributed by atoms with Crippen molar-refractivity contribution in [1.82, 2.24) is 4.90 Å². The molecule has 0 aliphatic carbocycles. The number of halogens is 1. The summed E-state index contributed by atoms with van der Waals surface area (Å²) in [5.41, 5.74) is 1.22. The van der Waals surface area contributed by atoms with E-state index < -0.39 is 0 Å². The fourth-order valence-electron chi connectivity index (χ4n) is 1.52. The Hall–Kier alpha value is -0.620. The van der Waals surface area contributed by atoms with E-state index in [1.54, 1.807) is 0 Å². The van der Waals surface area contributed by atoms with Gasteiger partial charge in [0, 0.05) is 10.1 Å². The van der Waals surface area contributed by atoms with Gasteiger partial charge in [0.2, 0.25) is 0 Å². The molecule has 1 rings (SSSR count). The van der Waals surface area contributed by atoms with Crippen LogP contribution in [0, 0.1) is 3.57 Å². The van der Waals surface area contributed by atoms with Crippen LogP contribution >= 0.6 is 22.6 Å². The first-order chi connectivity index (χ1) is 8.15. The number of esters is 1. The third-order valence-corrected chi connectivity index (χ3v) is 3.14. The molecule has 1 aromatic carbocycles. The van der Waals surface area contributed by atoms with Gasteiger partial charge in [-0.2, -0.15) is 0 Å². The van der Waals surface area contributed by atoms with Crippen LogP contribution in [0.25, 0.3) is 0 Å². The number of hydrogen-bond donors (Lipinski definition) is 0. The molecule has 0 aromatic heterocycles. The monoisotopic (exact) mass is 347 g/mol. The van der Waals surface area contributed by atoms with E-state index in [9.17, 15) is 4.79 Å². The fraction of sp³-hybridized carbons (Fsp3) is 0.462. The summed E-state index contributed by atoms with van der Waals surface area (Å²) in [7, 11) is 0. The van der Waals surface area contributed by atoms with Gasteiger partial charge in [0.25, 0.3) is 0 Å². The van der Waals surface area contributed by atoms with Crippen molar-refractivity contribution in [3.8, 4) is 0 Å². The van der Waals surface area contributed by atoms with Gasteiger partial charge in [0.15, 0.2) is 0 Å². The van der Waals surface area contributed by atoms with Gasteiger partial charge in [-0.25, -0.2) is 0 Å². The highest BCUT2D eigenvalue weighted by atomic mass is 127. The largest absolute Gasteiger partial charge is 0.465 e. The van der Waals surface area contributed by atoms with Gasteiger partial charge in [-0.15, -0.1) is 0 Å². The van der Waals surface area contributed by atoms with Gasteiger partial charge < -0.3 is 4.74 Å². The van der Waals surface area contributed by atoms with Crippen LogP contribution in [0.5, 0.6) is 0 Å². The van der Waals surface area contributed by atoms with Gasteiger partial charge in [-0.3, -0.25) is 9.69 Å². The average molecular weight is 347 g/mol. The van der Waals surface area contributed by atoms with Crippen molar-refractivity contribution in [2.45, 2.75) is 20.4 Å². The summed E-state index contributed by atoms with van der Waals surface area (Å²) in [5, 5.41) is 0. The summed E-state index contributed by atoms with van der Waals surface area (Å²) >= 11 is 2.28. The highest BCUT2D eigenvalue weighted by Gasteiger charge is 2.10. The normalized spacial score (nSPS) is 10.6. The van der Waals surface area contributed by atoms with Gasteiger partial charge in [-0.1, -0.05) is 19.1 Å². The van der Waals surface area contributed by atoms with Crippen LogP contribution in [0.3, 0.4) is 0 Å². The Labute approximate surface area is 116 Å². The topological polar surface area (TPSA) is 29.5 Å². The summed E-state index contributed by atoms with van der Waals surface area (Å²) in [6.45, 7) is 6.30. The molecular weight excluding hydrogens is 329 g/mol. The van der Waals surface area contributed by atoms with E-state index in [-0.39, 0.29) is 5.97 Å². The van der Waals surface area contributed by atoms with E-state index >= 15 is 0 Å². The lowest BCUT2D eigenvalue weighted by molar-refractivity contribution is -0.144. The lowest BCUT2D eigenvalue weighted by atomic mass is 10.2. The molecule has 0 spiro atoms. The fourth-order valence-corrected chi connectivity index (χ4v) is 1.88. The third kappa shape index (κ3) is 5.50. The second-order valence-corrected chi connectivity index (χ2v) is 4.98. The molecule has 0 bridgehead atoms. The maximum atomic E-state index is 11.4. The standard InChI is InChI=1S/C13H18INO2/c1-3-15(10-13(16)17-4-2)9-11-5-7-12(14)8-6-11/h5-8H,3-4,9-10H2,1-2H3. The predicted molar refractivity (Wildman–Crippen MR) is 76.7 cm³/mol. The Morgan fingerprint density at radius 1 is 1.29 bits per heavy atom. The predicted octanol–water partition coefficient (Wildman–Crippen LogP) is 2.68. The summed E-state index contributed by atoms with van der Waals surface area (Å²) in [5.74, 6) is -0.153. The zero-order chi connectivity index (χ0) is 12.7. The number of benzene rings is 1. The summed E-state index contributed by atoms with van der Waals surface area (Å²) in [6, 6.07) is 8.34. The van der Waals surface area contributed by atoms with Crippen LogP contribution in [0.1, 0.15) is 19.4 Å². The molecule has 0 heterocycles. The zero-order valence-electron chi connectivity index (χ0n) is 10.3. The minimum absolute atomic E-state index is 0.153. The first-order valence-corrected chi connectivity index (χ1v) is 6.86. The Bertz CT molecular complexity index is 351. The molecule has 0 saturated carbocycles. The molecule has 1 aromatic rings. The molecule has 0 aliphatic rings. The molecule has 0 radical (unpaired) electrons. The van der Waals surface area contributed by atoms with Crippen molar-refractivity contribution in [3.63, 3.8) is 0 Å². The molecule has 0 fully saturated rings. The Morgan fingerprint density at radius 3 is 2.47 bits per heavy atom. The number of hydrogen-bond acceptors (Lipinski definition) is 3. The maximum absolute atomic E-state index is 11.4. The van der Waals surface area contributed by atoms with Crippen LogP contribution in [-0.2, 0) is 16.1 Å². The Morgan fingerprint density at radius 2 is 1.94 bits per heavy atom. The first-order valence-electron chi connectivity index (χ1n) is 5.78.